The third kappa shape index (κ3) is 5.53. The number of likely N-dealkylation sites (N-methyl/N-ethyl adjacent to an activating group) is 1. The van der Waals surface area contributed by atoms with E-state index in [1.54, 1.807) is 19.0 Å². The van der Waals surface area contributed by atoms with Gasteiger partial charge in [-0.15, -0.1) is 0 Å². The van der Waals surface area contributed by atoms with E-state index in [1.807, 2.05) is 24.3 Å². The second kappa shape index (κ2) is 9.65. The van der Waals surface area contributed by atoms with Crippen molar-refractivity contribution >= 4 is 11.9 Å². The highest BCUT2D eigenvalue weighted by Gasteiger charge is 2.24. The molecule has 0 aromatic heterocycles. The van der Waals surface area contributed by atoms with Crippen LogP contribution in [0.3, 0.4) is 0 Å². The summed E-state index contributed by atoms with van der Waals surface area (Å²) in [5.41, 5.74) is 2.26. The van der Waals surface area contributed by atoms with Gasteiger partial charge in [-0.25, -0.2) is 4.99 Å². The van der Waals surface area contributed by atoms with Gasteiger partial charge in [0.1, 0.15) is 12.3 Å². The van der Waals surface area contributed by atoms with Crippen LogP contribution in [0.1, 0.15) is 37.4 Å². The molecule has 2 aromatic carbocycles. The number of amides is 1. The summed E-state index contributed by atoms with van der Waals surface area (Å²) in [5.74, 6) is 1.50. The van der Waals surface area contributed by atoms with E-state index in [1.165, 1.54) is 5.56 Å². The standard InChI is InChI=1S/C24H32N4O2/c1-24(2,18-10-6-5-7-11-18)17-26-23(25-16-22(29)28(3)4)27-20-14-15-30-21-13-9-8-12-19(20)21/h5-13,20H,14-17H2,1-4H3,(H2,25,26,27). The first-order valence-corrected chi connectivity index (χ1v) is 10.4. The third-order valence-electron chi connectivity index (χ3n) is 5.39. The molecule has 30 heavy (non-hydrogen) atoms. The average molecular weight is 409 g/mol. The zero-order chi connectivity index (χ0) is 21.6. The lowest BCUT2D eigenvalue weighted by atomic mass is 9.85. The number of hydrogen-bond acceptors (Lipinski definition) is 3. The van der Waals surface area contributed by atoms with Gasteiger partial charge in [0, 0.05) is 38.0 Å². The first-order valence-electron chi connectivity index (χ1n) is 10.4. The Morgan fingerprint density at radius 1 is 1.13 bits per heavy atom. The van der Waals surface area contributed by atoms with E-state index < -0.39 is 0 Å². The largest absolute Gasteiger partial charge is 0.493 e. The Kier molecular flexibility index (Phi) is 6.98. The molecule has 0 saturated heterocycles. The van der Waals surface area contributed by atoms with Crippen molar-refractivity contribution < 1.29 is 9.53 Å². The third-order valence-corrected chi connectivity index (χ3v) is 5.39. The van der Waals surface area contributed by atoms with Crippen molar-refractivity contribution in [2.24, 2.45) is 4.99 Å². The molecule has 0 radical (unpaired) electrons. The quantitative estimate of drug-likeness (QED) is 0.569. The van der Waals surface area contributed by atoms with Gasteiger partial charge < -0.3 is 20.3 Å². The van der Waals surface area contributed by atoms with Crippen molar-refractivity contribution in [3.8, 4) is 5.75 Å². The molecular formula is C24H32N4O2. The molecule has 2 aromatic rings. The summed E-state index contributed by atoms with van der Waals surface area (Å²) < 4.78 is 5.78. The van der Waals surface area contributed by atoms with Crippen molar-refractivity contribution in [2.75, 3.05) is 33.8 Å². The molecule has 6 heteroatoms. The number of aliphatic imine (C=N–C) groups is 1. The average Bonchev–Trinajstić information content (AvgIpc) is 2.76. The van der Waals surface area contributed by atoms with Gasteiger partial charge in [-0.3, -0.25) is 4.79 Å². The van der Waals surface area contributed by atoms with Gasteiger partial charge in [0.15, 0.2) is 5.96 Å². The van der Waals surface area contributed by atoms with Gasteiger partial charge in [0.25, 0.3) is 0 Å². The number of rotatable bonds is 6. The Morgan fingerprint density at radius 2 is 1.83 bits per heavy atom. The fourth-order valence-electron chi connectivity index (χ4n) is 3.39. The van der Waals surface area contributed by atoms with Crippen molar-refractivity contribution in [1.29, 1.82) is 0 Å². The molecule has 0 aliphatic carbocycles. The molecule has 1 atom stereocenters. The Morgan fingerprint density at radius 3 is 2.57 bits per heavy atom. The molecule has 1 aliphatic rings. The fraction of sp³-hybridized carbons (Fsp3) is 0.417. The van der Waals surface area contributed by atoms with Crippen molar-refractivity contribution in [3.63, 3.8) is 0 Å². The van der Waals surface area contributed by atoms with E-state index in [0.29, 0.717) is 19.1 Å². The molecule has 1 unspecified atom stereocenters. The number of ether oxygens (including phenoxy) is 1. The first kappa shape index (κ1) is 21.7. The summed E-state index contributed by atoms with van der Waals surface area (Å²) in [7, 11) is 3.48. The molecule has 0 bridgehead atoms. The van der Waals surface area contributed by atoms with Crippen LogP contribution in [-0.2, 0) is 10.2 Å². The maximum absolute atomic E-state index is 12.1. The summed E-state index contributed by atoms with van der Waals surface area (Å²) >= 11 is 0. The number of nitrogens with one attached hydrogen (secondary N) is 2. The van der Waals surface area contributed by atoms with Gasteiger partial charge in [0.2, 0.25) is 5.91 Å². The van der Waals surface area contributed by atoms with Crippen LogP contribution in [0.4, 0.5) is 0 Å². The Hall–Kier alpha value is -3.02. The van der Waals surface area contributed by atoms with Crippen LogP contribution < -0.4 is 15.4 Å². The van der Waals surface area contributed by atoms with Crippen molar-refractivity contribution in [1.82, 2.24) is 15.5 Å². The lowest BCUT2D eigenvalue weighted by molar-refractivity contribution is -0.127. The lowest BCUT2D eigenvalue weighted by Crippen LogP contribution is -2.46. The van der Waals surface area contributed by atoms with E-state index in [-0.39, 0.29) is 23.9 Å². The number of hydrogen-bond donors (Lipinski definition) is 2. The lowest BCUT2D eigenvalue weighted by Gasteiger charge is -2.30. The van der Waals surface area contributed by atoms with E-state index >= 15 is 0 Å². The molecule has 0 fully saturated rings. The highest BCUT2D eigenvalue weighted by Crippen LogP contribution is 2.31. The Balaban J connectivity index is 1.76. The molecule has 160 valence electrons. The van der Waals surface area contributed by atoms with Crippen LogP contribution in [-0.4, -0.2) is 50.6 Å². The summed E-state index contributed by atoms with van der Waals surface area (Å²) in [6.07, 6.45) is 0.835. The van der Waals surface area contributed by atoms with Crippen LogP contribution in [0.15, 0.2) is 59.6 Å². The minimum Gasteiger partial charge on any atom is -0.493 e. The number of carbonyl (C=O) groups is 1. The molecule has 2 N–H and O–H groups in total. The van der Waals surface area contributed by atoms with E-state index in [2.05, 4.69) is 59.8 Å². The minimum absolute atomic E-state index is 0.0363. The van der Waals surface area contributed by atoms with Crippen LogP contribution in [0.2, 0.25) is 0 Å². The van der Waals surface area contributed by atoms with Crippen LogP contribution >= 0.6 is 0 Å². The minimum atomic E-state index is -0.0944. The Bertz CT molecular complexity index is 878. The number of benzene rings is 2. The number of nitrogens with zero attached hydrogens (tertiary/aromatic N) is 2. The van der Waals surface area contributed by atoms with Gasteiger partial charge in [0.05, 0.1) is 12.6 Å². The molecule has 6 nitrogen and oxygen atoms in total. The van der Waals surface area contributed by atoms with Gasteiger partial charge in [-0.05, 0) is 11.6 Å². The molecular weight excluding hydrogens is 376 g/mol. The smallest absolute Gasteiger partial charge is 0.243 e. The molecule has 0 spiro atoms. The van der Waals surface area contributed by atoms with Crippen molar-refractivity contribution in [3.05, 3.63) is 65.7 Å². The maximum atomic E-state index is 12.1. The summed E-state index contributed by atoms with van der Waals surface area (Å²) in [6.45, 7) is 5.82. The predicted octanol–water partition coefficient (Wildman–Crippen LogP) is 3.11. The van der Waals surface area contributed by atoms with Crippen LogP contribution in [0.25, 0.3) is 0 Å². The highest BCUT2D eigenvalue weighted by molar-refractivity contribution is 5.85. The maximum Gasteiger partial charge on any atom is 0.243 e. The highest BCUT2D eigenvalue weighted by atomic mass is 16.5. The second-order valence-corrected chi connectivity index (χ2v) is 8.43. The fourth-order valence-corrected chi connectivity index (χ4v) is 3.39. The predicted molar refractivity (Wildman–Crippen MR) is 121 cm³/mol. The Labute approximate surface area is 179 Å². The van der Waals surface area contributed by atoms with Crippen molar-refractivity contribution in [2.45, 2.75) is 31.7 Å². The number of para-hydroxylation sites is 1. The van der Waals surface area contributed by atoms with Gasteiger partial charge in [-0.1, -0.05) is 62.4 Å². The molecule has 0 saturated carbocycles. The SMILES string of the molecule is CN(C)C(=O)CN=C(NCC(C)(C)c1ccccc1)NC1CCOc2ccccc21. The summed E-state index contributed by atoms with van der Waals surface area (Å²) in [4.78, 5) is 18.2. The van der Waals surface area contributed by atoms with Crippen LogP contribution in [0, 0.1) is 0 Å². The normalized spacial score (nSPS) is 16.3. The summed E-state index contributed by atoms with van der Waals surface area (Å²) in [5, 5.41) is 6.98. The number of carbonyl (C=O) groups excluding carboxylic acids is 1. The first-order chi connectivity index (χ1) is 14.4. The van der Waals surface area contributed by atoms with Crippen LogP contribution in [0.5, 0.6) is 5.75 Å². The van der Waals surface area contributed by atoms with Gasteiger partial charge in [-0.2, -0.15) is 0 Å². The number of fused-ring (bicyclic) bond motifs is 1. The summed E-state index contributed by atoms with van der Waals surface area (Å²) in [6, 6.07) is 18.5. The topological polar surface area (TPSA) is 66.0 Å². The molecule has 1 heterocycles. The van der Waals surface area contributed by atoms with E-state index in [0.717, 1.165) is 17.7 Å². The number of guanidine groups is 1. The molecule has 3 rings (SSSR count). The van der Waals surface area contributed by atoms with E-state index in [9.17, 15) is 4.79 Å². The monoisotopic (exact) mass is 408 g/mol. The van der Waals surface area contributed by atoms with E-state index in [4.69, 9.17) is 4.74 Å². The second-order valence-electron chi connectivity index (χ2n) is 8.43. The van der Waals surface area contributed by atoms with Gasteiger partial charge >= 0.3 is 0 Å². The zero-order valence-electron chi connectivity index (χ0n) is 18.3. The molecule has 1 amide bonds. The zero-order valence-corrected chi connectivity index (χ0v) is 18.3. The molecule has 1 aliphatic heterocycles.